The summed E-state index contributed by atoms with van der Waals surface area (Å²) in [4.78, 5) is 0. The van der Waals surface area contributed by atoms with Gasteiger partial charge in [0.25, 0.3) is 0 Å². The molecule has 0 amide bonds. The SMILES string of the molecule is CCCCC/C=C/CCCCC(CCCCCCCC)C(C)C. The van der Waals surface area contributed by atoms with E-state index in [2.05, 4.69) is 39.8 Å². The topological polar surface area (TPSA) is 0 Å². The highest BCUT2D eigenvalue weighted by molar-refractivity contribution is 4.81. The molecule has 0 aromatic carbocycles. The molecule has 0 aliphatic rings. The van der Waals surface area contributed by atoms with E-state index in [0.717, 1.165) is 11.8 Å². The maximum absolute atomic E-state index is 2.43. The van der Waals surface area contributed by atoms with Gasteiger partial charge in [-0.15, -0.1) is 0 Å². The maximum Gasteiger partial charge on any atom is -0.0351 e. The molecule has 0 aromatic rings. The lowest BCUT2D eigenvalue weighted by atomic mass is 9.86. The summed E-state index contributed by atoms with van der Waals surface area (Å²) in [6.07, 6.45) is 25.9. The van der Waals surface area contributed by atoms with Crippen molar-refractivity contribution in [1.29, 1.82) is 0 Å². The molecule has 0 saturated heterocycles. The molecule has 1 atom stereocenters. The summed E-state index contributed by atoms with van der Waals surface area (Å²) < 4.78 is 0. The first kappa shape index (κ1) is 22.7. The van der Waals surface area contributed by atoms with Crippen molar-refractivity contribution in [2.75, 3.05) is 0 Å². The Morgan fingerprint density at radius 1 is 0.565 bits per heavy atom. The lowest BCUT2D eigenvalue weighted by molar-refractivity contribution is 0.315. The van der Waals surface area contributed by atoms with E-state index in [1.54, 1.807) is 0 Å². The number of hydrogen-bond acceptors (Lipinski definition) is 0. The molecular weight excluding hydrogens is 276 g/mol. The molecule has 0 heterocycles. The zero-order valence-electron chi connectivity index (χ0n) is 16.9. The van der Waals surface area contributed by atoms with Crippen molar-refractivity contribution in [2.24, 2.45) is 11.8 Å². The normalized spacial score (nSPS) is 13.3. The van der Waals surface area contributed by atoms with Crippen LogP contribution in [0.3, 0.4) is 0 Å². The number of allylic oxidation sites excluding steroid dienone is 2. The molecule has 0 N–H and O–H groups in total. The van der Waals surface area contributed by atoms with E-state index < -0.39 is 0 Å². The third-order valence-electron chi connectivity index (χ3n) is 5.21. The van der Waals surface area contributed by atoms with Gasteiger partial charge in [-0.05, 0) is 37.5 Å². The van der Waals surface area contributed by atoms with Gasteiger partial charge in [-0.2, -0.15) is 0 Å². The molecule has 0 saturated carbocycles. The first-order valence-electron chi connectivity index (χ1n) is 10.9. The van der Waals surface area contributed by atoms with Gasteiger partial charge in [-0.25, -0.2) is 0 Å². The first-order valence-corrected chi connectivity index (χ1v) is 10.9. The Kier molecular flexibility index (Phi) is 17.9. The molecule has 0 nitrogen and oxygen atoms in total. The molecule has 1 unspecified atom stereocenters. The van der Waals surface area contributed by atoms with E-state index in [1.165, 1.54) is 96.3 Å². The standard InChI is InChI=1S/C23H46/c1-5-7-9-11-13-14-15-17-19-21-23(22(3)4)20-18-16-12-10-8-6-2/h13-14,22-23H,5-12,15-21H2,1-4H3/b14-13+. The van der Waals surface area contributed by atoms with E-state index in [-0.39, 0.29) is 0 Å². The van der Waals surface area contributed by atoms with Gasteiger partial charge in [-0.3, -0.25) is 0 Å². The van der Waals surface area contributed by atoms with Crippen molar-refractivity contribution in [3.05, 3.63) is 12.2 Å². The Bertz CT molecular complexity index is 238. The zero-order valence-corrected chi connectivity index (χ0v) is 16.9. The van der Waals surface area contributed by atoms with Crippen molar-refractivity contribution in [2.45, 2.75) is 124 Å². The van der Waals surface area contributed by atoms with Crippen LogP contribution in [0.2, 0.25) is 0 Å². The fourth-order valence-corrected chi connectivity index (χ4v) is 3.41. The Morgan fingerprint density at radius 2 is 1.00 bits per heavy atom. The fraction of sp³-hybridized carbons (Fsp3) is 0.913. The molecule has 0 aromatic heterocycles. The van der Waals surface area contributed by atoms with Gasteiger partial charge in [0.1, 0.15) is 0 Å². The van der Waals surface area contributed by atoms with Crippen LogP contribution in [0.25, 0.3) is 0 Å². The van der Waals surface area contributed by atoms with Crippen LogP contribution in [-0.2, 0) is 0 Å². The summed E-state index contributed by atoms with van der Waals surface area (Å²) in [7, 11) is 0. The van der Waals surface area contributed by atoms with Crippen LogP contribution >= 0.6 is 0 Å². The van der Waals surface area contributed by atoms with Gasteiger partial charge in [-0.1, -0.05) is 110 Å². The van der Waals surface area contributed by atoms with E-state index in [9.17, 15) is 0 Å². The molecule has 0 aliphatic heterocycles. The lowest BCUT2D eigenvalue weighted by Crippen LogP contribution is -2.08. The Balaban J connectivity index is 3.56. The summed E-state index contributed by atoms with van der Waals surface area (Å²) >= 11 is 0. The van der Waals surface area contributed by atoms with Gasteiger partial charge in [0.15, 0.2) is 0 Å². The summed E-state index contributed by atoms with van der Waals surface area (Å²) in [5.74, 6) is 1.84. The third kappa shape index (κ3) is 16.4. The predicted octanol–water partition coefficient (Wildman–Crippen LogP) is 8.71. The average molecular weight is 323 g/mol. The second kappa shape index (κ2) is 18.1. The zero-order chi connectivity index (χ0) is 17.2. The van der Waals surface area contributed by atoms with Crippen LogP contribution in [0.4, 0.5) is 0 Å². The highest BCUT2D eigenvalue weighted by atomic mass is 14.2. The highest BCUT2D eigenvalue weighted by Crippen LogP contribution is 2.25. The van der Waals surface area contributed by atoms with Gasteiger partial charge in [0, 0.05) is 0 Å². The van der Waals surface area contributed by atoms with Crippen molar-refractivity contribution in [3.63, 3.8) is 0 Å². The molecule has 0 spiro atoms. The highest BCUT2D eigenvalue weighted by Gasteiger charge is 2.12. The molecule has 0 heteroatoms. The number of hydrogen-bond donors (Lipinski definition) is 0. The van der Waals surface area contributed by atoms with Crippen molar-refractivity contribution >= 4 is 0 Å². The van der Waals surface area contributed by atoms with Gasteiger partial charge in [0.2, 0.25) is 0 Å². The van der Waals surface area contributed by atoms with Gasteiger partial charge in [0.05, 0.1) is 0 Å². The molecule has 0 fully saturated rings. The smallest absolute Gasteiger partial charge is 0.0351 e. The Morgan fingerprint density at radius 3 is 1.57 bits per heavy atom. The molecule has 0 aliphatic carbocycles. The number of rotatable bonds is 17. The van der Waals surface area contributed by atoms with Crippen LogP contribution in [0.15, 0.2) is 12.2 Å². The minimum absolute atomic E-state index is 0.871. The summed E-state index contributed by atoms with van der Waals surface area (Å²) in [5.41, 5.74) is 0. The van der Waals surface area contributed by atoms with E-state index in [0.29, 0.717) is 0 Å². The maximum atomic E-state index is 2.43. The average Bonchev–Trinajstić information content (AvgIpc) is 2.54. The van der Waals surface area contributed by atoms with Crippen LogP contribution in [0.1, 0.15) is 124 Å². The van der Waals surface area contributed by atoms with Crippen molar-refractivity contribution in [1.82, 2.24) is 0 Å². The predicted molar refractivity (Wildman–Crippen MR) is 108 cm³/mol. The molecular formula is C23H46. The molecule has 0 radical (unpaired) electrons. The van der Waals surface area contributed by atoms with Crippen molar-refractivity contribution in [3.8, 4) is 0 Å². The largest absolute Gasteiger partial charge is 0.0885 e. The van der Waals surface area contributed by atoms with Crippen LogP contribution in [0, 0.1) is 11.8 Å². The first-order chi connectivity index (χ1) is 11.2. The molecule has 0 rings (SSSR count). The molecule has 0 bridgehead atoms. The minimum Gasteiger partial charge on any atom is -0.0885 e. The second-order valence-electron chi connectivity index (χ2n) is 7.81. The van der Waals surface area contributed by atoms with Crippen molar-refractivity contribution < 1.29 is 0 Å². The van der Waals surface area contributed by atoms with E-state index in [4.69, 9.17) is 0 Å². The van der Waals surface area contributed by atoms with Gasteiger partial charge < -0.3 is 0 Å². The molecule has 138 valence electrons. The molecule has 23 heavy (non-hydrogen) atoms. The van der Waals surface area contributed by atoms with E-state index >= 15 is 0 Å². The monoisotopic (exact) mass is 322 g/mol. The number of unbranched alkanes of at least 4 members (excludes halogenated alkanes) is 10. The summed E-state index contributed by atoms with van der Waals surface area (Å²) in [6.45, 7) is 9.43. The fourth-order valence-electron chi connectivity index (χ4n) is 3.41. The van der Waals surface area contributed by atoms with Crippen LogP contribution in [-0.4, -0.2) is 0 Å². The van der Waals surface area contributed by atoms with Gasteiger partial charge >= 0.3 is 0 Å². The second-order valence-corrected chi connectivity index (χ2v) is 7.81. The Hall–Kier alpha value is -0.260. The van der Waals surface area contributed by atoms with E-state index in [1.807, 2.05) is 0 Å². The quantitative estimate of drug-likeness (QED) is 0.185. The lowest BCUT2D eigenvalue weighted by Gasteiger charge is -2.20. The third-order valence-corrected chi connectivity index (χ3v) is 5.21. The van der Waals surface area contributed by atoms with Crippen LogP contribution < -0.4 is 0 Å². The van der Waals surface area contributed by atoms with Crippen LogP contribution in [0.5, 0.6) is 0 Å². The minimum atomic E-state index is 0.871. The summed E-state index contributed by atoms with van der Waals surface area (Å²) in [5, 5.41) is 0. The summed E-state index contributed by atoms with van der Waals surface area (Å²) in [6, 6.07) is 0. The Labute approximate surface area is 148 Å².